The number of hydrogen-bond donors (Lipinski definition) is 1. The number of nitrogens with two attached hydrogens (primary N) is 1. The third-order valence-electron chi connectivity index (χ3n) is 3.31. The quantitative estimate of drug-likeness (QED) is 0.803. The topological polar surface area (TPSA) is 43.1 Å². The van der Waals surface area contributed by atoms with Crippen LogP contribution in [0.4, 0.5) is 0 Å². The number of primary amides is 1. The van der Waals surface area contributed by atoms with E-state index in [1.807, 2.05) is 6.07 Å². The second kappa shape index (κ2) is 4.47. The Bertz CT molecular complexity index is 334. The van der Waals surface area contributed by atoms with Gasteiger partial charge in [0.15, 0.2) is 0 Å². The van der Waals surface area contributed by atoms with Gasteiger partial charge in [0.1, 0.15) is 0 Å². The Balaban J connectivity index is 1.90. The molecular formula is C13H17NO. The third kappa shape index (κ3) is 2.58. The van der Waals surface area contributed by atoms with E-state index < -0.39 is 0 Å². The fourth-order valence-electron chi connectivity index (χ4n) is 2.47. The van der Waals surface area contributed by atoms with Gasteiger partial charge < -0.3 is 5.73 Å². The Hall–Kier alpha value is -1.31. The first-order valence-electron chi connectivity index (χ1n) is 5.59. The third-order valence-corrected chi connectivity index (χ3v) is 3.31. The van der Waals surface area contributed by atoms with Crippen LogP contribution in [0.2, 0.25) is 0 Å². The summed E-state index contributed by atoms with van der Waals surface area (Å²) in [6.45, 7) is 0. The van der Waals surface area contributed by atoms with Gasteiger partial charge in [-0.05, 0) is 37.2 Å². The monoisotopic (exact) mass is 203 g/mol. The molecule has 0 bridgehead atoms. The summed E-state index contributed by atoms with van der Waals surface area (Å²) in [5, 5.41) is 0. The van der Waals surface area contributed by atoms with Gasteiger partial charge >= 0.3 is 0 Å². The summed E-state index contributed by atoms with van der Waals surface area (Å²) in [5.74, 6) is 0.647. The number of carbonyl (C=O) groups is 1. The van der Waals surface area contributed by atoms with Crippen molar-refractivity contribution in [1.29, 1.82) is 0 Å². The van der Waals surface area contributed by atoms with Gasteiger partial charge in [0.25, 0.3) is 0 Å². The fraction of sp³-hybridized carbons (Fsp3) is 0.462. The molecule has 80 valence electrons. The lowest BCUT2D eigenvalue weighted by Crippen LogP contribution is -2.20. The highest BCUT2D eigenvalue weighted by Crippen LogP contribution is 2.32. The van der Waals surface area contributed by atoms with Gasteiger partial charge in [-0.25, -0.2) is 0 Å². The normalized spacial score (nSPS) is 25.3. The van der Waals surface area contributed by atoms with E-state index in [0.717, 1.165) is 25.7 Å². The van der Waals surface area contributed by atoms with Gasteiger partial charge in [0, 0.05) is 5.92 Å². The van der Waals surface area contributed by atoms with E-state index in [0.29, 0.717) is 5.92 Å². The minimum atomic E-state index is -0.120. The molecule has 1 aliphatic rings. The van der Waals surface area contributed by atoms with Crippen LogP contribution >= 0.6 is 0 Å². The molecule has 1 amide bonds. The lowest BCUT2D eigenvalue weighted by Gasteiger charge is -2.09. The molecule has 0 heterocycles. The molecule has 1 saturated carbocycles. The van der Waals surface area contributed by atoms with E-state index >= 15 is 0 Å². The molecule has 1 aliphatic carbocycles. The molecule has 0 spiro atoms. The highest BCUT2D eigenvalue weighted by molar-refractivity contribution is 5.76. The second-order valence-electron chi connectivity index (χ2n) is 4.47. The molecule has 0 aliphatic heterocycles. The van der Waals surface area contributed by atoms with E-state index in [1.165, 1.54) is 5.56 Å². The van der Waals surface area contributed by atoms with E-state index in [2.05, 4.69) is 24.3 Å². The first-order chi connectivity index (χ1) is 7.25. The zero-order chi connectivity index (χ0) is 10.7. The van der Waals surface area contributed by atoms with Crippen molar-refractivity contribution in [2.75, 3.05) is 0 Å². The Morgan fingerprint density at radius 1 is 1.27 bits per heavy atom. The predicted octanol–water partition coefficient (Wildman–Crippen LogP) is 2.13. The average molecular weight is 203 g/mol. The number of hydrogen-bond acceptors (Lipinski definition) is 1. The summed E-state index contributed by atoms with van der Waals surface area (Å²) < 4.78 is 0. The molecule has 2 unspecified atom stereocenters. The van der Waals surface area contributed by atoms with Crippen LogP contribution in [0.15, 0.2) is 30.3 Å². The number of amides is 1. The van der Waals surface area contributed by atoms with Gasteiger partial charge in [0.2, 0.25) is 5.91 Å². The van der Waals surface area contributed by atoms with Crippen molar-refractivity contribution in [3.8, 4) is 0 Å². The standard InChI is InChI=1S/C13H17NO/c14-13(15)12-7-6-11(9-12)8-10-4-2-1-3-5-10/h1-5,11-12H,6-9H2,(H2,14,15). The Morgan fingerprint density at radius 2 is 2.00 bits per heavy atom. The van der Waals surface area contributed by atoms with Gasteiger partial charge in [-0.2, -0.15) is 0 Å². The Kier molecular flexibility index (Phi) is 3.05. The zero-order valence-electron chi connectivity index (χ0n) is 8.86. The van der Waals surface area contributed by atoms with Crippen LogP contribution < -0.4 is 5.73 Å². The van der Waals surface area contributed by atoms with Crippen LogP contribution in [0, 0.1) is 11.8 Å². The van der Waals surface area contributed by atoms with E-state index in [9.17, 15) is 4.79 Å². The number of rotatable bonds is 3. The van der Waals surface area contributed by atoms with Crippen molar-refractivity contribution in [3.05, 3.63) is 35.9 Å². The van der Waals surface area contributed by atoms with E-state index in [4.69, 9.17) is 5.73 Å². The van der Waals surface area contributed by atoms with Crippen molar-refractivity contribution >= 4 is 5.91 Å². The van der Waals surface area contributed by atoms with Crippen LogP contribution in [0.3, 0.4) is 0 Å². The SMILES string of the molecule is NC(=O)C1CCC(Cc2ccccc2)C1. The molecule has 2 heteroatoms. The van der Waals surface area contributed by atoms with Crippen LogP contribution in [-0.2, 0) is 11.2 Å². The average Bonchev–Trinajstić information content (AvgIpc) is 2.68. The molecule has 0 aromatic heterocycles. The lowest BCUT2D eigenvalue weighted by molar-refractivity contribution is -0.121. The van der Waals surface area contributed by atoms with Crippen LogP contribution in [0.25, 0.3) is 0 Å². The minimum Gasteiger partial charge on any atom is -0.369 e. The highest BCUT2D eigenvalue weighted by atomic mass is 16.1. The lowest BCUT2D eigenvalue weighted by atomic mass is 9.97. The van der Waals surface area contributed by atoms with Gasteiger partial charge in [-0.3, -0.25) is 4.79 Å². The zero-order valence-corrected chi connectivity index (χ0v) is 8.86. The van der Waals surface area contributed by atoms with Crippen LogP contribution in [0.1, 0.15) is 24.8 Å². The molecule has 1 fully saturated rings. The second-order valence-corrected chi connectivity index (χ2v) is 4.47. The van der Waals surface area contributed by atoms with Crippen molar-refractivity contribution in [2.45, 2.75) is 25.7 Å². The fourth-order valence-corrected chi connectivity index (χ4v) is 2.47. The summed E-state index contributed by atoms with van der Waals surface area (Å²) in [6.07, 6.45) is 4.18. The summed E-state index contributed by atoms with van der Waals surface area (Å²) in [7, 11) is 0. The molecule has 1 aromatic rings. The maximum Gasteiger partial charge on any atom is 0.220 e. The first kappa shape index (κ1) is 10.2. The van der Waals surface area contributed by atoms with Gasteiger partial charge in [-0.1, -0.05) is 30.3 Å². The van der Waals surface area contributed by atoms with Crippen molar-refractivity contribution < 1.29 is 4.79 Å². The van der Waals surface area contributed by atoms with E-state index in [1.54, 1.807) is 0 Å². The molecule has 1 aromatic carbocycles. The first-order valence-corrected chi connectivity index (χ1v) is 5.59. The van der Waals surface area contributed by atoms with Gasteiger partial charge in [0.05, 0.1) is 0 Å². The molecule has 2 N–H and O–H groups in total. The summed E-state index contributed by atoms with van der Waals surface area (Å²) >= 11 is 0. The molecule has 0 radical (unpaired) electrons. The van der Waals surface area contributed by atoms with Crippen LogP contribution in [-0.4, -0.2) is 5.91 Å². The maximum atomic E-state index is 11.0. The van der Waals surface area contributed by atoms with Crippen molar-refractivity contribution in [3.63, 3.8) is 0 Å². The Labute approximate surface area is 90.5 Å². The number of carbonyl (C=O) groups excluding carboxylic acids is 1. The number of benzene rings is 1. The molecule has 0 saturated heterocycles. The van der Waals surface area contributed by atoms with Crippen molar-refractivity contribution in [1.82, 2.24) is 0 Å². The van der Waals surface area contributed by atoms with Crippen molar-refractivity contribution in [2.24, 2.45) is 17.6 Å². The maximum absolute atomic E-state index is 11.0. The highest BCUT2D eigenvalue weighted by Gasteiger charge is 2.28. The smallest absolute Gasteiger partial charge is 0.220 e. The predicted molar refractivity (Wildman–Crippen MR) is 60.2 cm³/mol. The largest absolute Gasteiger partial charge is 0.369 e. The molecule has 2 nitrogen and oxygen atoms in total. The molecule has 15 heavy (non-hydrogen) atoms. The Morgan fingerprint density at radius 3 is 2.60 bits per heavy atom. The van der Waals surface area contributed by atoms with Crippen LogP contribution in [0.5, 0.6) is 0 Å². The molecule has 2 atom stereocenters. The summed E-state index contributed by atoms with van der Waals surface area (Å²) in [6, 6.07) is 10.5. The molecule has 2 rings (SSSR count). The molecular weight excluding hydrogens is 186 g/mol. The van der Waals surface area contributed by atoms with Gasteiger partial charge in [-0.15, -0.1) is 0 Å². The summed E-state index contributed by atoms with van der Waals surface area (Å²) in [4.78, 5) is 11.0. The summed E-state index contributed by atoms with van der Waals surface area (Å²) in [5.41, 5.74) is 6.68. The van der Waals surface area contributed by atoms with E-state index in [-0.39, 0.29) is 11.8 Å². The minimum absolute atomic E-state index is 0.120.